The molecule has 0 spiro atoms. The number of rotatable bonds is 2. The van der Waals surface area contributed by atoms with Gasteiger partial charge in [-0.15, -0.1) is 12.4 Å². The molecule has 162 valence electrons. The van der Waals surface area contributed by atoms with Gasteiger partial charge in [-0.25, -0.2) is 14.6 Å². The number of hydrogen-bond donors (Lipinski definition) is 1. The van der Waals surface area contributed by atoms with E-state index in [0.717, 1.165) is 45.2 Å². The molecule has 2 amide bonds. The third kappa shape index (κ3) is 5.33. The first kappa shape index (κ1) is 22.6. The zero-order chi connectivity index (χ0) is 20.2. The number of nitrogens with zero attached hydrogens (tertiary/aromatic N) is 3. The second-order valence-corrected chi connectivity index (χ2v) is 8.18. The van der Waals surface area contributed by atoms with E-state index in [-0.39, 0.29) is 24.1 Å². The van der Waals surface area contributed by atoms with E-state index in [4.69, 9.17) is 4.74 Å². The molecule has 0 unspecified atom stereocenters. The average Bonchev–Trinajstić information content (AvgIpc) is 3.11. The van der Waals surface area contributed by atoms with Gasteiger partial charge in [0.25, 0.3) is 5.91 Å². The molecular weight excluding hydrogens is 431 g/mol. The molecule has 0 radical (unpaired) electrons. The molecule has 0 aromatic heterocycles. The SMILES string of the molecule is Cl.O=C1N=C(N2CCCCN2)SC1=Cc1ccc(F)cc1OC(=O)N1CCCCC1. The van der Waals surface area contributed by atoms with Crippen molar-refractivity contribution in [1.82, 2.24) is 15.3 Å². The van der Waals surface area contributed by atoms with Gasteiger partial charge >= 0.3 is 6.09 Å². The van der Waals surface area contributed by atoms with Crippen LogP contribution in [0.4, 0.5) is 9.18 Å². The van der Waals surface area contributed by atoms with Crippen molar-refractivity contribution in [1.29, 1.82) is 0 Å². The van der Waals surface area contributed by atoms with Crippen molar-refractivity contribution in [3.05, 3.63) is 34.5 Å². The number of piperidine rings is 1. The Morgan fingerprint density at radius 1 is 1.17 bits per heavy atom. The number of thioether (sulfide) groups is 1. The van der Waals surface area contributed by atoms with Gasteiger partial charge in [-0.05, 0) is 62.1 Å². The van der Waals surface area contributed by atoms with Gasteiger partial charge < -0.3 is 9.64 Å². The summed E-state index contributed by atoms with van der Waals surface area (Å²) in [5, 5.41) is 2.49. The van der Waals surface area contributed by atoms with E-state index in [2.05, 4.69) is 10.4 Å². The number of likely N-dealkylation sites (tertiary alicyclic amines) is 1. The van der Waals surface area contributed by atoms with E-state index in [1.165, 1.54) is 30.0 Å². The number of carbonyl (C=O) groups is 2. The highest BCUT2D eigenvalue weighted by Crippen LogP contribution is 2.33. The van der Waals surface area contributed by atoms with Crippen molar-refractivity contribution in [3.8, 4) is 5.75 Å². The van der Waals surface area contributed by atoms with E-state index in [0.29, 0.717) is 28.7 Å². The van der Waals surface area contributed by atoms with Crippen molar-refractivity contribution in [2.75, 3.05) is 26.2 Å². The minimum atomic E-state index is -0.506. The van der Waals surface area contributed by atoms with E-state index in [9.17, 15) is 14.0 Å². The number of amides is 2. The summed E-state index contributed by atoms with van der Waals surface area (Å²) in [6, 6.07) is 3.96. The van der Waals surface area contributed by atoms with E-state index in [1.54, 1.807) is 11.0 Å². The summed E-state index contributed by atoms with van der Waals surface area (Å²) in [6.07, 6.45) is 6.20. The van der Waals surface area contributed by atoms with Gasteiger partial charge in [-0.2, -0.15) is 4.99 Å². The number of halogens is 2. The van der Waals surface area contributed by atoms with Crippen molar-refractivity contribution < 1.29 is 18.7 Å². The molecule has 1 aromatic rings. The van der Waals surface area contributed by atoms with Gasteiger partial charge in [-0.3, -0.25) is 9.80 Å². The van der Waals surface area contributed by atoms with Crippen molar-refractivity contribution >= 4 is 47.4 Å². The Bertz CT molecular complexity index is 868. The van der Waals surface area contributed by atoms with Crippen LogP contribution in [-0.4, -0.2) is 53.3 Å². The van der Waals surface area contributed by atoms with E-state index in [1.807, 2.05) is 5.01 Å². The van der Waals surface area contributed by atoms with Crippen molar-refractivity contribution in [3.63, 3.8) is 0 Å². The summed E-state index contributed by atoms with van der Waals surface area (Å²) in [6.45, 7) is 2.92. The fourth-order valence-electron chi connectivity index (χ4n) is 3.46. The molecule has 0 aliphatic carbocycles. The number of amidine groups is 1. The van der Waals surface area contributed by atoms with Gasteiger partial charge in [0.15, 0.2) is 5.17 Å². The Morgan fingerprint density at radius 3 is 2.67 bits per heavy atom. The van der Waals surface area contributed by atoms with Crippen LogP contribution in [0.3, 0.4) is 0 Å². The van der Waals surface area contributed by atoms with Crippen LogP contribution in [0, 0.1) is 5.82 Å². The third-order valence-corrected chi connectivity index (χ3v) is 6.03. The number of hydrazine groups is 1. The highest BCUT2D eigenvalue weighted by Gasteiger charge is 2.28. The number of carbonyl (C=O) groups excluding carboxylic acids is 2. The van der Waals surface area contributed by atoms with E-state index >= 15 is 0 Å². The van der Waals surface area contributed by atoms with Gasteiger partial charge in [-0.1, -0.05) is 0 Å². The highest BCUT2D eigenvalue weighted by atomic mass is 35.5. The van der Waals surface area contributed by atoms with Crippen LogP contribution in [0.25, 0.3) is 6.08 Å². The molecule has 4 rings (SSSR count). The maximum Gasteiger partial charge on any atom is 0.415 e. The van der Waals surface area contributed by atoms with Crippen LogP contribution < -0.4 is 10.2 Å². The molecule has 0 saturated carbocycles. The van der Waals surface area contributed by atoms with E-state index < -0.39 is 11.9 Å². The molecule has 3 heterocycles. The molecule has 0 atom stereocenters. The molecule has 1 aromatic carbocycles. The normalized spacial score (nSPS) is 20.8. The van der Waals surface area contributed by atoms with Gasteiger partial charge in [0, 0.05) is 37.8 Å². The second-order valence-electron chi connectivity index (χ2n) is 7.17. The topological polar surface area (TPSA) is 74.2 Å². The molecule has 3 aliphatic rings. The lowest BCUT2D eigenvalue weighted by Crippen LogP contribution is -2.45. The summed E-state index contributed by atoms with van der Waals surface area (Å²) >= 11 is 1.26. The number of aliphatic imine (C=N–C) groups is 1. The summed E-state index contributed by atoms with van der Waals surface area (Å²) in [5.41, 5.74) is 3.69. The van der Waals surface area contributed by atoms with Crippen LogP contribution in [0.5, 0.6) is 5.75 Å². The zero-order valence-corrected chi connectivity index (χ0v) is 18.1. The summed E-state index contributed by atoms with van der Waals surface area (Å²) in [4.78, 5) is 31.0. The molecule has 1 N–H and O–H groups in total. The Balaban J connectivity index is 0.00000256. The summed E-state index contributed by atoms with van der Waals surface area (Å²) in [5.74, 6) is -0.755. The number of benzene rings is 1. The molecule has 30 heavy (non-hydrogen) atoms. The molecular formula is C20H24ClFN4O3S. The summed E-state index contributed by atoms with van der Waals surface area (Å²) in [7, 11) is 0. The first-order valence-corrected chi connectivity index (χ1v) is 10.7. The van der Waals surface area contributed by atoms with Crippen molar-refractivity contribution in [2.24, 2.45) is 4.99 Å². The largest absolute Gasteiger partial charge is 0.415 e. The minimum absolute atomic E-state index is 0. The first-order valence-electron chi connectivity index (χ1n) is 9.90. The molecule has 10 heteroatoms. The molecule has 3 aliphatic heterocycles. The van der Waals surface area contributed by atoms with Gasteiger partial charge in [0.2, 0.25) is 0 Å². The quantitative estimate of drug-likeness (QED) is 0.685. The van der Waals surface area contributed by atoms with Gasteiger partial charge in [0.1, 0.15) is 11.6 Å². The van der Waals surface area contributed by atoms with Crippen LogP contribution in [-0.2, 0) is 4.79 Å². The Kier molecular flexibility index (Phi) is 7.74. The summed E-state index contributed by atoms with van der Waals surface area (Å²) < 4.78 is 19.3. The lowest BCUT2D eigenvalue weighted by molar-refractivity contribution is -0.113. The minimum Gasteiger partial charge on any atom is -0.409 e. The number of ether oxygens (including phenoxy) is 1. The fourth-order valence-corrected chi connectivity index (χ4v) is 4.37. The smallest absolute Gasteiger partial charge is 0.409 e. The van der Waals surface area contributed by atoms with Crippen LogP contribution in [0.1, 0.15) is 37.7 Å². The lowest BCUT2D eigenvalue weighted by atomic mass is 10.1. The highest BCUT2D eigenvalue weighted by molar-refractivity contribution is 8.18. The predicted molar refractivity (Wildman–Crippen MR) is 117 cm³/mol. The zero-order valence-electron chi connectivity index (χ0n) is 16.4. The lowest BCUT2D eigenvalue weighted by Gasteiger charge is -2.28. The maximum absolute atomic E-state index is 13.8. The Hall–Kier alpha value is -2.10. The van der Waals surface area contributed by atoms with Crippen LogP contribution >= 0.6 is 24.2 Å². The third-order valence-electron chi connectivity index (χ3n) is 5.03. The van der Waals surface area contributed by atoms with Gasteiger partial charge in [0.05, 0.1) is 4.91 Å². The maximum atomic E-state index is 13.8. The fraction of sp³-hybridized carbons (Fsp3) is 0.450. The molecule has 7 nitrogen and oxygen atoms in total. The second kappa shape index (κ2) is 10.3. The van der Waals surface area contributed by atoms with Crippen LogP contribution in [0.15, 0.2) is 28.1 Å². The molecule has 2 fully saturated rings. The number of nitrogens with one attached hydrogen (secondary N) is 1. The Morgan fingerprint density at radius 2 is 1.93 bits per heavy atom. The average molecular weight is 455 g/mol. The molecule has 2 saturated heterocycles. The van der Waals surface area contributed by atoms with Crippen LogP contribution in [0.2, 0.25) is 0 Å². The predicted octanol–water partition coefficient (Wildman–Crippen LogP) is 3.80. The first-order chi connectivity index (χ1) is 14.1. The standard InChI is InChI=1S/C20H23FN4O3S.ClH/c21-15-7-6-14(16(13-15)28-20(27)24-9-3-1-4-10-24)12-17-18(26)23-19(29-17)25-11-5-2-8-22-25;/h6-7,12-13,22H,1-5,8-11H2;1H. The molecule has 0 bridgehead atoms. The number of hydrogen-bond acceptors (Lipinski definition) is 6. The van der Waals surface area contributed by atoms with Crippen molar-refractivity contribution in [2.45, 2.75) is 32.1 Å². The monoisotopic (exact) mass is 454 g/mol. The Labute approximate surface area is 185 Å².